The number of esters is 1. The molecular formula is C35H54O8S. The number of carbonyl (C=O) groups excluding carboxylic acids is 1. The number of aliphatic carboxylic acids is 1. The van der Waals surface area contributed by atoms with E-state index in [1.165, 1.54) is 19.3 Å². The van der Waals surface area contributed by atoms with Gasteiger partial charge in [0.1, 0.15) is 6.10 Å². The summed E-state index contributed by atoms with van der Waals surface area (Å²) in [6.45, 7) is 10.0. The van der Waals surface area contributed by atoms with E-state index in [9.17, 15) is 14.7 Å². The lowest BCUT2D eigenvalue weighted by Gasteiger charge is -2.53. The number of unbranched alkanes of at least 4 members (excludes halogenated alkanes) is 1. The Bertz CT molecular complexity index is 1070. The molecule has 2 saturated heterocycles. The second-order valence-corrected chi connectivity index (χ2v) is 13.0. The Labute approximate surface area is 268 Å². The average molecular weight is 635 g/mol. The van der Waals surface area contributed by atoms with Crippen molar-refractivity contribution in [1.29, 1.82) is 0 Å². The first-order valence-electron chi connectivity index (χ1n) is 15.8. The zero-order valence-electron chi connectivity index (χ0n) is 27.6. The Morgan fingerprint density at radius 2 is 1.84 bits per heavy atom. The molecule has 7 atom stereocenters. The van der Waals surface area contributed by atoms with Crippen LogP contribution in [0.1, 0.15) is 86.0 Å². The van der Waals surface area contributed by atoms with Gasteiger partial charge < -0.3 is 29.2 Å². The molecule has 2 aliphatic rings. The topological polar surface area (TPSA) is 112 Å². The zero-order chi connectivity index (χ0) is 32.8. The molecule has 0 amide bonds. The Kier molecular flexibility index (Phi) is 16.2. The third-order valence-electron chi connectivity index (χ3n) is 8.58. The van der Waals surface area contributed by atoms with Gasteiger partial charge in [0, 0.05) is 30.9 Å². The summed E-state index contributed by atoms with van der Waals surface area (Å²) in [5, 5.41) is 19.2. The number of thioether (sulfide) groups is 1. The highest BCUT2D eigenvalue weighted by atomic mass is 32.2. The fourth-order valence-corrected chi connectivity index (χ4v) is 5.97. The Morgan fingerprint density at radius 3 is 2.50 bits per heavy atom. The van der Waals surface area contributed by atoms with Crippen molar-refractivity contribution in [2.24, 2.45) is 11.8 Å². The molecule has 9 heteroatoms. The van der Waals surface area contributed by atoms with E-state index >= 15 is 0 Å². The molecule has 0 bridgehead atoms. The number of hydrogen-bond acceptors (Lipinski definition) is 8. The predicted molar refractivity (Wildman–Crippen MR) is 176 cm³/mol. The van der Waals surface area contributed by atoms with Gasteiger partial charge in [-0.15, -0.1) is 11.8 Å². The van der Waals surface area contributed by atoms with Crippen molar-refractivity contribution in [2.45, 2.75) is 116 Å². The van der Waals surface area contributed by atoms with Crippen molar-refractivity contribution >= 4 is 23.7 Å². The number of aliphatic hydroxyl groups is 1. The molecule has 0 radical (unpaired) electrons. The second-order valence-electron chi connectivity index (χ2n) is 12.2. The Morgan fingerprint density at radius 1 is 1.09 bits per heavy atom. The maximum absolute atomic E-state index is 11.8. The molecule has 0 aromatic rings. The third-order valence-corrected chi connectivity index (χ3v) is 8.93. The SMILES string of the molecule is CCCC[C@@]1(OCSC)CC[C@]2(CC[C@H](C)[C@@H](C/C=C(C)/C=C/[C@H](O)[C@@H](C)/C=C/C(=O)O)O2)O[C@H]1/C=C/C(C)=C/C(=O)OC. The fourth-order valence-electron chi connectivity index (χ4n) is 5.61. The van der Waals surface area contributed by atoms with Crippen LogP contribution in [0.5, 0.6) is 0 Å². The number of hydrogen-bond donors (Lipinski definition) is 2. The van der Waals surface area contributed by atoms with Gasteiger partial charge in [0.05, 0.1) is 30.9 Å². The van der Waals surface area contributed by atoms with Crippen molar-refractivity contribution in [1.82, 2.24) is 0 Å². The number of ether oxygens (including phenoxy) is 4. The number of carbonyl (C=O) groups is 2. The van der Waals surface area contributed by atoms with Crippen LogP contribution in [-0.2, 0) is 28.5 Å². The monoisotopic (exact) mass is 634 g/mol. The summed E-state index contributed by atoms with van der Waals surface area (Å²) in [5.41, 5.74) is 1.29. The third kappa shape index (κ3) is 12.0. The van der Waals surface area contributed by atoms with E-state index in [0.717, 1.165) is 62.2 Å². The lowest BCUT2D eigenvalue weighted by atomic mass is 9.78. The summed E-state index contributed by atoms with van der Waals surface area (Å²) in [6.07, 6.45) is 21.5. The van der Waals surface area contributed by atoms with E-state index in [1.54, 1.807) is 24.8 Å². The van der Waals surface area contributed by atoms with Gasteiger partial charge in [0.2, 0.25) is 0 Å². The van der Waals surface area contributed by atoms with Crippen LogP contribution in [0.3, 0.4) is 0 Å². The summed E-state index contributed by atoms with van der Waals surface area (Å²) >= 11 is 1.65. The molecule has 2 N–H and O–H groups in total. The molecule has 0 aromatic heterocycles. The number of carboxylic acids is 1. The minimum absolute atomic E-state index is 0.0321. The van der Waals surface area contributed by atoms with Crippen LogP contribution in [0.4, 0.5) is 0 Å². The van der Waals surface area contributed by atoms with E-state index < -0.39 is 29.4 Å². The van der Waals surface area contributed by atoms with Gasteiger partial charge in [-0.1, -0.05) is 75.6 Å². The van der Waals surface area contributed by atoms with Crippen LogP contribution in [-0.4, -0.2) is 71.2 Å². The molecule has 8 nitrogen and oxygen atoms in total. The molecule has 0 unspecified atom stereocenters. The van der Waals surface area contributed by atoms with Crippen molar-refractivity contribution < 1.29 is 38.7 Å². The molecule has 248 valence electrons. The van der Waals surface area contributed by atoms with Gasteiger partial charge in [-0.25, -0.2) is 9.59 Å². The van der Waals surface area contributed by atoms with Crippen LogP contribution in [0.2, 0.25) is 0 Å². The highest BCUT2D eigenvalue weighted by Gasteiger charge is 2.53. The predicted octanol–water partition coefficient (Wildman–Crippen LogP) is 7.15. The van der Waals surface area contributed by atoms with Crippen molar-refractivity contribution in [3.05, 3.63) is 59.8 Å². The average Bonchev–Trinajstić information content (AvgIpc) is 3.00. The molecule has 44 heavy (non-hydrogen) atoms. The minimum atomic E-state index is -1.03. The van der Waals surface area contributed by atoms with Crippen LogP contribution in [0, 0.1) is 11.8 Å². The maximum Gasteiger partial charge on any atom is 0.330 e. The van der Waals surface area contributed by atoms with Crippen LogP contribution >= 0.6 is 11.8 Å². The van der Waals surface area contributed by atoms with Gasteiger partial charge in [0.25, 0.3) is 0 Å². The zero-order valence-corrected chi connectivity index (χ0v) is 28.4. The number of allylic oxidation sites excluding steroid dienone is 4. The molecule has 2 fully saturated rings. The summed E-state index contributed by atoms with van der Waals surface area (Å²) in [4.78, 5) is 22.6. The Hall–Kier alpha value is -2.17. The van der Waals surface area contributed by atoms with Gasteiger partial charge in [-0.2, -0.15) is 0 Å². The molecule has 0 aliphatic carbocycles. The lowest BCUT2D eigenvalue weighted by molar-refractivity contribution is -0.346. The first-order valence-corrected chi connectivity index (χ1v) is 17.2. The van der Waals surface area contributed by atoms with Crippen LogP contribution in [0.25, 0.3) is 0 Å². The molecule has 2 rings (SSSR count). The summed E-state index contributed by atoms with van der Waals surface area (Å²) in [5.74, 6) is -1.53. The van der Waals surface area contributed by atoms with Gasteiger partial charge in [-0.3, -0.25) is 0 Å². The van der Waals surface area contributed by atoms with Gasteiger partial charge in [0.15, 0.2) is 5.79 Å². The number of rotatable bonds is 16. The molecule has 0 saturated carbocycles. The summed E-state index contributed by atoms with van der Waals surface area (Å²) in [7, 11) is 1.37. The van der Waals surface area contributed by atoms with Crippen LogP contribution in [0.15, 0.2) is 59.8 Å². The smallest absolute Gasteiger partial charge is 0.330 e. The highest BCUT2D eigenvalue weighted by molar-refractivity contribution is 7.98. The van der Waals surface area contributed by atoms with Gasteiger partial charge in [-0.05, 0) is 57.3 Å². The normalized spacial score (nSPS) is 30.0. The number of aliphatic hydroxyl groups excluding tert-OH is 1. The first kappa shape index (κ1) is 38.0. The summed E-state index contributed by atoms with van der Waals surface area (Å²) in [6, 6.07) is 0. The van der Waals surface area contributed by atoms with E-state index in [0.29, 0.717) is 18.3 Å². The molecule has 0 aromatic carbocycles. The van der Waals surface area contributed by atoms with E-state index in [1.807, 2.05) is 38.3 Å². The van der Waals surface area contributed by atoms with E-state index in [2.05, 4.69) is 19.9 Å². The number of carboxylic acid groups (broad SMARTS) is 1. The standard InChI is InChI=1S/C35H54O8S/c1-8-9-19-34(41-24-44-7)21-22-35(43-31(34)16-12-26(3)23-33(39)40-6)20-18-28(5)30(42-35)15-11-25(2)10-14-29(36)27(4)13-17-32(37)38/h10-14,16-17,23,27-31,36H,8-9,15,18-22,24H2,1-7H3,(H,37,38)/b14-10+,16-12+,17-13+,25-11+,26-23+/t27-,28-,29-,30+,31-,34+,35-/m0/s1. The number of methoxy groups -OCH3 is 1. The van der Waals surface area contributed by atoms with Crippen molar-refractivity contribution in [3.8, 4) is 0 Å². The van der Waals surface area contributed by atoms with E-state index in [4.69, 9.17) is 24.1 Å². The minimum Gasteiger partial charge on any atom is -0.478 e. The van der Waals surface area contributed by atoms with Crippen molar-refractivity contribution in [2.75, 3.05) is 19.3 Å². The molecular weight excluding hydrogens is 580 g/mol. The molecule has 1 spiro atoms. The lowest BCUT2D eigenvalue weighted by Crippen LogP contribution is -2.59. The summed E-state index contributed by atoms with van der Waals surface area (Å²) < 4.78 is 25.1. The van der Waals surface area contributed by atoms with E-state index in [-0.39, 0.29) is 18.1 Å². The highest BCUT2D eigenvalue weighted by Crippen LogP contribution is 2.48. The fraction of sp³-hybridized carbons (Fsp3) is 0.657. The molecule has 2 heterocycles. The second kappa shape index (κ2) is 18.7. The molecule has 2 aliphatic heterocycles. The quantitative estimate of drug-likeness (QED) is 0.0791. The maximum atomic E-state index is 11.8. The van der Waals surface area contributed by atoms with Crippen molar-refractivity contribution in [3.63, 3.8) is 0 Å². The van der Waals surface area contributed by atoms with Crippen LogP contribution < -0.4 is 0 Å². The first-order chi connectivity index (χ1) is 20.9. The Balaban J connectivity index is 2.24. The van der Waals surface area contributed by atoms with Gasteiger partial charge >= 0.3 is 11.9 Å². The largest absolute Gasteiger partial charge is 0.478 e.